The topological polar surface area (TPSA) is 50.8 Å². The fourth-order valence-electron chi connectivity index (χ4n) is 1.78. The number of carbonyl (C=O) groups is 1. The molecular formula is C12H24N2O3. The van der Waals surface area contributed by atoms with Crippen LogP contribution in [0.2, 0.25) is 0 Å². The Kier molecular flexibility index (Phi) is 5.71. The lowest BCUT2D eigenvalue weighted by Crippen LogP contribution is -2.33. The van der Waals surface area contributed by atoms with Gasteiger partial charge in [-0.2, -0.15) is 5.48 Å². The van der Waals surface area contributed by atoms with Crippen molar-refractivity contribution in [2.45, 2.75) is 45.6 Å². The molecule has 0 spiro atoms. The van der Waals surface area contributed by atoms with Crippen LogP contribution in [0.25, 0.3) is 0 Å². The molecule has 1 heterocycles. The van der Waals surface area contributed by atoms with Gasteiger partial charge in [-0.1, -0.05) is 0 Å². The van der Waals surface area contributed by atoms with E-state index >= 15 is 0 Å². The van der Waals surface area contributed by atoms with Gasteiger partial charge in [0, 0.05) is 6.54 Å². The Morgan fingerprint density at radius 2 is 1.94 bits per heavy atom. The number of likely N-dealkylation sites (tertiary alicyclic amines) is 1. The number of hydrogen-bond acceptors (Lipinski definition) is 4. The van der Waals surface area contributed by atoms with Crippen molar-refractivity contribution in [3.63, 3.8) is 0 Å². The Bertz CT molecular complexity index is 232. The van der Waals surface area contributed by atoms with Gasteiger partial charge in [0.05, 0.1) is 6.61 Å². The van der Waals surface area contributed by atoms with Gasteiger partial charge in [-0.15, -0.1) is 0 Å². The third kappa shape index (κ3) is 7.18. The van der Waals surface area contributed by atoms with Crippen molar-refractivity contribution in [1.82, 2.24) is 10.4 Å². The van der Waals surface area contributed by atoms with E-state index in [0.29, 0.717) is 6.61 Å². The Morgan fingerprint density at radius 1 is 1.29 bits per heavy atom. The quantitative estimate of drug-likeness (QED) is 0.593. The number of hydroxylamine groups is 1. The Morgan fingerprint density at radius 3 is 2.53 bits per heavy atom. The summed E-state index contributed by atoms with van der Waals surface area (Å²) in [6, 6.07) is 0. The van der Waals surface area contributed by atoms with E-state index in [1.165, 1.54) is 25.9 Å². The summed E-state index contributed by atoms with van der Waals surface area (Å²) in [4.78, 5) is 18.7. The van der Waals surface area contributed by atoms with Crippen LogP contribution in [0, 0.1) is 0 Å². The second-order valence-electron chi connectivity index (χ2n) is 5.35. The normalized spacial score (nSPS) is 17.1. The van der Waals surface area contributed by atoms with E-state index in [1.54, 1.807) is 0 Å². The number of ether oxygens (including phenoxy) is 1. The Hall–Kier alpha value is -0.810. The molecule has 100 valence electrons. The Labute approximate surface area is 103 Å². The SMILES string of the molecule is CC(C)(C)OC(=O)NOCCCN1CCCC1. The third-order valence-electron chi connectivity index (χ3n) is 2.47. The molecule has 5 heteroatoms. The molecule has 0 aliphatic carbocycles. The first-order valence-corrected chi connectivity index (χ1v) is 6.30. The molecule has 1 saturated heterocycles. The number of hydrogen-bond donors (Lipinski definition) is 1. The predicted octanol–water partition coefficient (Wildman–Crippen LogP) is 1.93. The van der Waals surface area contributed by atoms with Crippen LogP contribution < -0.4 is 5.48 Å². The standard InChI is InChI=1S/C12H24N2O3/c1-12(2,3)17-11(15)13-16-10-6-9-14-7-4-5-8-14/h4-10H2,1-3H3,(H,13,15). The molecular weight excluding hydrogens is 220 g/mol. The van der Waals surface area contributed by atoms with Crippen LogP contribution in [0.15, 0.2) is 0 Å². The number of nitrogens with zero attached hydrogens (tertiary/aromatic N) is 1. The highest BCUT2D eigenvalue weighted by Crippen LogP contribution is 2.07. The van der Waals surface area contributed by atoms with E-state index in [2.05, 4.69) is 10.4 Å². The predicted molar refractivity (Wildman–Crippen MR) is 65.6 cm³/mol. The van der Waals surface area contributed by atoms with Crippen molar-refractivity contribution in [2.75, 3.05) is 26.2 Å². The molecule has 0 aromatic carbocycles. The van der Waals surface area contributed by atoms with Crippen LogP contribution in [0.5, 0.6) is 0 Å². The minimum atomic E-state index is -0.529. The summed E-state index contributed by atoms with van der Waals surface area (Å²) in [5.41, 5.74) is 1.80. The van der Waals surface area contributed by atoms with Gasteiger partial charge in [0.15, 0.2) is 0 Å². The molecule has 1 N–H and O–H groups in total. The van der Waals surface area contributed by atoms with Crippen molar-refractivity contribution in [2.24, 2.45) is 0 Å². The lowest BCUT2D eigenvalue weighted by atomic mass is 10.2. The van der Waals surface area contributed by atoms with Crippen molar-refractivity contribution in [3.05, 3.63) is 0 Å². The first-order chi connectivity index (χ1) is 7.97. The van der Waals surface area contributed by atoms with E-state index in [4.69, 9.17) is 9.57 Å². The van der Waals surface area contributed by atoms with Gasteiger partial charge < -0.3 is 9.64 Å². The number of carbonyl (C=O) groups excluding carboxylic acids is 1. The number of amides is 1. The summed E-state index contributed by atoms with van der Waals surface area (Å²) in [6.07, 6.45) is 3.00. The maximum Gasteiger partial charge on any atom is 0.431 e. The third-order valence-corrected chi connectivity index (χ3v) is 2.47. The maximum absolute atomic E-state index is 11.2. The van der Waals surface area contributed by atoms with Crippen molar-refractivity contribution < 1.29 is 14.4 Å². The van der Waals surface area contributed by atoms with Gasteiger partial charge in [0.1, 0.15) is 5.60 Å². The van der Waals surface area contributed by atoms with Gasteiger partial charge in [-0.05, 0) is 53.1 Å². The minimum absolute atomic E-state index is 0.483. The molecule has 1 rings (SSSR count). The highest BCUT2D eigenvalue weighted by atomic mass is 16.7. The van der Waals surface area contributed by atoms with E-state index in [0.717, 1.165) is 13.0 Å². The monoisotopic (exact) mass is 244 g/mol. The molecule has 0 bridgehead atoms. The number of nitrogens with one attached hydrogen (secondary N) is 1. The zero-order valence-corrected chi connectivity index (χ0v) is 11.1. The smallest absolute Gasteiger partial charge is 0.431 e. The summed E-state index contributed by atoms with van der Waals surface area (Å²) < 4.78 is 5.03. The highest BCUT2D eigenvalue weighted by molar-refractivity contribution is 5.66. The van der Waals surface area contributed by atoms with Gasteiger partial charge in [0.2, 0.25) is 0 Å². The molecule has 0 atom stereocenters. The second kappa shape index (κ2) is 6.81. The molecule has 5 nitrogen and oxygen atoms in total. The van der Waals surface area contributed by atoms with Crippen LogP contribution in [0.3, 0.4) is 0 Å². The lowest BCUT2D eigenvalue weighted by Gasteiger charge is -2.19. The second-order valence-corrected chi connectivity index (χ2v) is 5.35. The fraction of sp³-hybridized carbons (Fsp3) is 0.917. The molecule has 0 saturated carbocycles. The molecule has 0 aromatic heterocycles. The Balaban J connectivity index is 1.94. The molecule has 1 aliphatic rings. The van der Waals surface area contributed by atoms with E-state index in [9.17, 15) is 4.79 Å². The minimum Gasteiger partial charge on any atom is -0.442 e. The molecule has 1 aliphatic heterocycles. The maximum atomic E-state index is 11.2. The fourth-order valence-corrected chi connectivity index (χ4v) is 1.78. The van der Waals surface area contributed by atoms with Gasteiger partial charge >= 0.3 is 6.09 Å². The van der Waals surface area contributed by atoms with Crippen LogP contribution in [-0.4, -0.2) is 42.8 Å². The average molecular weight is 244 g/mol. The van der Waals surface area contributed by atoms with Crippen LogP contribution in [0.1, 0.15) is 40.0 Å². The van der Waals surface area contributed by atoms with Crippen molar-refractivity contribution in [3.8, 4) is 0 Å². The van der Waals surface area contributed by atoms with Crippen LogP contribution in [-0.2, 0) is 9.57 Å². The van der Waals surface area contributed by atoms with Gasteiger partial charge in [0.25, 0.3) is 0 Å². The highest BCUT2D eigenvalue weighted by Gasteiger charge is 2.16. The molecule has 1 amide bonds. The summed E-state index contributed by atoms with van der Waals surface area (Å²) in [6.45, 7) is 9.41. The van der Waals surface area contributed by atoms with Crippen molar-refractivity contribution >= 4 is 6.09 Å². The molecule has 17 heavy (non-hydrogen) atoms. The summed E-state index contributed by atoms with van der Waals surface area (Å²) in [5.74, 6) is 0. The van der Waals surface area contributed by atoms with Crippen LogP contribution >= 0.6 is 0 Å². The summed E-state index contributed by atoms with van der Waals surface area (Å²) in [7, 11) is 0. The first-order valence-electron chi connectivity index (χ1n) is 6.30. The van der Waals surface area contributed by atoms with E-state index in [1.807, 2.05) is 20.8 Å². The number of rotatable bonds is 5. The van der Waals surface area contributed by atoms with Gasteiger partial charge in [-0.25, -0.2) is 4.79 Å². The summed E-state index contributed by atoms with van der Waals surface area (Å²) in [5, 5.41) is 0. The molecule has 1 fully saturated rings. The zero-order chi connectivity index (χ0) is 12.7. The van der Waals surface area contributed by atoms with Crippen LogP contribution in [0.4, 0.5) is 4.79 Å². The van der Waals surface area contributed by atoms with E-state index in [-0.39, 0.29) is 0 Å². The molecule has 0 unspecified atom stereocenters. The molecule has 0 radical (unpaired) electrons. The van der Waals surface area contributed by atoms with Crippen molar-refractivity contribution in [1.29, 1.82) is 0 Å². The largest absolute Gasteiger partial charge is 0.442 e. The lowest BCUT2D eigenvalue weighted by molar-refractivity contribution is -0.00936. The first kappa shape index (κ1) is 14.3. The summed E-state index contributed by atoms with van der Waals surface area (Å²) >= 11 is 0. The average Bonchev–Trinajstić information content (AvgIpc) is 2.67. The van der Waals surface area contributed by atoms with E-state index < -0.39 is 11.7 Å². The van der Waals surface area contributed by atoms with Gasteiger partial charge in [-0.3, -0.25) is 4.84 Å². The molecule has 0 aromatic rings. The zero-order valence-electron chi connectivity index (χ0n) is 11.1.